The van der Waals surface area contributed by atoms with Crippen LogP contribution in [-0.4, -0.2) is 92.4 Å². The highest BCUT2D eigenvalue weighted by Gasteiger charge is 2.31. The molecule has 1 aromatic rings. The summed E-state index contributed by atoms with van der Waals surface area (Å²) in [6.45, 7) is 0.859. The number of carboxylic acids is 1. The van der Waals surface area contributed by atoms with Crippen LogP contribution >= 0.6 is 0 Å². The first-order valence-electron chi connectivity index (χ1n) is 10.5. The van der Waals surface area contributed by atoms with E-state index in [4.69, 9.17) is 16.6 Å². The summed E-state index contributed by atoms with van der Waals surface area (Å²) in [7, 11) is 0. The number of amides is 3. The Morgan fingerprint density at radius 3 is 2.18 bits per heavy atom. The number of carboxylic acid groups (broad SMARTS) is 1. The number of aliphatic hydroxyl groups excluding tert-OH is 2. The van der Waals surface area contributed by atoms with Crippen molar-refractivity contribution < 1.29 is 34.5 Å². The van der Waals surface area contributed by atoms with E-state index in [9.17, 15) is 29.4 Å². The molecule has 14 nitrogen and oxygen atoms in total. The molecule has 1 heterocycles. The fourth-order valence-electron chi connectivity index (χ4n) is 2.80. The Balaban J connectivity index is 3.02. The molecule has 3 amide bonds. The van der Waals surface area contributed by atoms with Crippen LogP contribution in [0.1, 0.15) is 31.9 Å². The van der Waals surface area contributed by atoms with Crippen molar-refractivity contribution in [3.8, 4) is 0 Å². The SMILES string of the molecule is CC(O)C(N)C(=O)NC(CCCCN)C(=O)NC(Cc1cnc[nH]1)C(=O)NC(CO)C(=O)O. The molecule has 0 saturated carbocycles. The molecule has 14 heteroatoms. The Morgan fingerprint density at radius 1 is 1.06 bits per heavy atom. The van der Waals surface area contributed by atoms with Gasteiger partial charge in [-0.1, -0.05) is 0 Å². The predicted octanol–water partition coefficient (Wildman–Crippen LogP) is -3.68. The van der Waals surface area contributed by atoms with Crippen molar-refractivity contribution in [2.24, 2.45) is 11.5 Å². The summed E-state index contributed by atoms with van der Waals surface area (Å²) in [5.41, 5.74) is 11.6. The Hall–Kier alpha value is -3.07. The number of nitrogens with zero attached hydrogens (tertiary/aromatic N) is 1. The molecule has 0 aliphatic carbocycles. The van der Waals surface area contributed by atoms with Crippen LogP contribution in [0.4, 0.5) is 0 Å². The Morgan fingerprint density at radius 2 is 1.67 bits per heavy atom. The summed E-state index contributed by atoms with van der Waals surface area (Å²) in [5, 5.41) is 34.9. The highest BCUT2D eigenvalue weighted by molar-refractivity contribution is 5.94. The second-order valence-electron chi connectivity index (χ2n) is 7.54. The van der Waals surface area contributed by atoms with E-state index >= 15 is 0 Å². The van der Waals surface area contributed by atoms with Gasteiger partial charge in [0, 0.05) is 18.3 Å². The third kappa shape index (κ3) is 9.53. The van der Waals surface area contributed by atoms with Gasteiger partial charge in [0.05, 0.1) is 19.0 Å². The van der Waals surface area contributed by atoms with Crippen LogP contribution < -0.4 is 27.4 Å². The molecule has 5 atom stereocenters. The minimum absolute atomic E-state index is 0.0635. The average molecular weight is 472 g/mol. The fraction of sp³-hybridized carbons (Fsp3) is 0.632. The van der Waals surface area contributed by atoms with E-state index in [0.717, 1.165) is 0 Å². The highest BCUT2D eigenvalue weighted by Crippen LogP contribution is 2.05. The maximum Gasteiger partial charge on any atom is 0.328 e. The molecule has 5 unspecified atom stereocenters. The number of nitrogens with one attached hydrogen (secondary N) is 4. The number of aliphatic carboxylic acids is 1. The zero-order chi connectivity index (χ0) is 25.0. The molecule has 0 aromatic carbocycles. The van der Waals surface area contributed by atoms with Crippen molar-refractivity contribution in [2.75, 3.05) is 13.2 Å². The van der Waals surface area contributed by atoms with Gasteiger partial charge in [-0.15, -0.1) is 0 Å². The number of rotatable bonds is 15. The third-order valence-electron chi connectivity index (χ3n) is 4.81. The fourth-order valence-corrected chi connectivity index (χ4v) is 2.80. The van der Waals surface area contributed by atoms with Crippen molar-refractivity contribution in [1.82, 2.24) is 25.9 Å². The summed E-state index contributed by atoms with van der Waals surface area (Å²) in [6, 6.07) is -5.16. The Bertz CT molecular complexity index is 773. The lowest BCUT2D eigenvalue weighted by Gasteiger charge is -2.25. The number of aromatic nitrogens is 2. The number of carbonyl (C=O) groups excluding carboxylic acids is 3. The minimum Gasteiger partial charge on any atom is -0.480 e. The number of nitrogens with two attached hydrogens (primary N) is 2. The predicted molar refractivity (Wildman–Crippen MR) is 115 cm³/mol. The molecule has 0 fully saturated rings. The third-order valence-corrected chi connectivity index (χ3v) is 4.81. The van der Waals surface area contributed by atoms with Crippen LogP contribution in [0, 0.1) is 0 Å². The normalized spacial score (nSPS) is 15.5. The van der Waals surface area contributed by atoms with E-state index in [0.29, 0.717) is 25.1 Å². The Labute approximate surface area is 190 Å². The first-order valence-corrected chi connectivity index (χ1v) is 10.5. The van der Waals surface area contributed by atoms with Gasteiger partial charge in [-0.25, -0.2) is 9.78 Å². The lowest BCUT2D eigenvalue weighted by Crippen LogP contribution is -2.58. The van der Waals surface area contributed by atoms with Gasteiger partial charge in [0.25, 0.3) is 0 Å². The summed E-state index contributed by atoms with van der Waals surface area (Å²) in [4.78, 5) is 55.7. The molecule has 0 aliphatic heterocycles. The molecule has 0 aliphatic rings. The van der Waals surface area contributed by atoms with Crippen molar-refractivity contribution in [2.45, 2.75) is 62.9 Å². The average Bonchev–Trinajstić information content (AvgIpc) is 3.28. The standard InChI is InChI=1S/C19H33N7O7/c1-10(28)15(21)18(31)24-12(4-2-3-5-20)16(29)25-13(6-11-7-22-9-23-11)17(30)26-14(8-27)19(32)33/h7,9-10,12-15,27-28H,2-6,8,20-21H2,1H3,(H,22,23)(H,24,31)(H,25,29)(H,26,30)(H,32,33). The molecule has 0 bridgehead atoms. The number of aromatic amines is 1. The van der Waals surface area contributed by atoms with E-state index < -0.39 is 60.6 Å². The molecular weight excluding hydrogens is 438 g/mol. The van der Waals surface area contributed by atoms with Crippen molar-refractivity contribution in [1.29, 1.82) is 0 Å². The first-order chi connectivity index (χ1) is 15.6. The number of hydrogen-bond donors (Lipinski definition) is 9. The number of H-pyrrole nitrogens is 1. The molecule has 0 spiro atoms. The van der Waals surface area contributed by atoms with Crippen LogP contribution in [0.2, 0.25) is 0 Å². The monoisotopic (exact) mass is 471 g/mol. The molecule has 11 N–H and O–H groups in total. The molecule has 1 rings (SSSR count). The van der Waals surface area contributed by atoms with E-state index in [-0.39, 0.29) is 12.8 Å². The van der Waals surface area contributed by atoms with Crippen LogP contribution in [0.5, 0.6) is 0 Å². The zero-order valence-corrected chi connectivity index (χ0v) is 18.4. The maximum atomic E-state index is 13.0. The van der Waals surface area contributed by atoms with Crippen LogP contribution in [-0.2, 0) is 25.6 Å². The topological polar surface area (TPSA) is 246 Å². The van der Waals surface area contributed by atoms with Gasteiger partial charge in [0.1, 0.15) is 24.2 Å². The quantitative estimate of drug-likeness (QED) is 0.113. The summed E-state index contributed by atoms with van der Waals surface area (Å²) in [6.07, 6.45) is 2.84. The second kappa shape index (κ2) is 14.2. The first kappa shape index (κ1) is 28.0. The van der Waals surface area contributed by atoms with Crippen LogP contribution in [0.15, 0.2) is 12.5 Å². The van der Waals surface area contributed by atoms with Gasteiger partial charge in [0.15, 0.2) is 0 Å². The van der Waals surface area contributed by atoms with Crippen molar-refractivity contribution in [3.63, 3.8) is 0 Å². The smallest absolute Gasteiger partial charge is 0.328 e. The highest BCUT2D eigenvalue weighted by atomic mass is 16.4. The maximum absolute atomic E-state index is 13.0. The summed E-state index contributed by atoms with van der Waals surface area (Å²) >= 11 is 0. The van der Waals surface area contributed by atoms with Gasteiger partial charge in [0.2, 0.25) is 17.7 Å². The van der Waals surface area contributed by atoms with E-state index in [1.165, 1.54) is 19.4 Å². The van der Waals surface area contributed by atoms with E-state index in [2.05, 4.69) is 25.9 Å². The largest absolute Gasteiger partial charge is 0.480 e. The molecule has 1 aromatic heterocycles. The number of carbonyl (C=O) groups is 4. The molecule has 186 valence electrons. The van der Waals surface area contributed by atoms with Gasteiger partial charge in [-0.3, -0.25) is 14.4 Å². The molecule has 33 heavy (non-hydrogen) atoms. The van der Waals surface area contributed by atoms with Gasteiger partial charge in [-0.2, -0.15) is 0 Å². The lowest BCUT2D eigenvalue weighted by molar-refractivity contribution is -0.143. The van der Waals surface area contributed by atoms with Crippen LogP contribution in [0.3, 0.4) is 0 Å². The minimum atomic E-state index is -1.57. The van der Waals surface area contributed by atoms with Crippen LogP contribution in [0.25, 0.3) is 0 Å². The van der Waals surface area contributed by atoms with Crippen molar-refractivity contribution >= 4 is 23.7 Å². The molecular formula is C19H33N7O7. The lowest BCUT2D eigenvalue weighted by atomic mass is 10.0. The van der Waals surface area contributed by atoms with Gasteiger partial charge >= 0.3 is 5.97 Å². The zero-order valence-electron chi connectivity index (χ0n) is 18.4. The Kier molecular flexibility index (Phi) is 12.0. The van der Waals surface area contributed by atoms with E-state index in [1.54, 1.807) is 0 Å². The molecule has 0 radical (unpaired) electrons. The number of imidazole rings is 1. The van der Waals surface area contributed by atoms with Crippen molar-refractivity contribution in [3.05, 3.63) is 18.2 Å². The molecule has 0 saturated heterocycles. The second-order valence-corrected chi connectivity index (χ2v) is 7.54. The summed E-state index contributed by atoms with van der Waals surface area (Å²) in [5.74, 6) is -3.77. The number of hydrogen-bond acceptors (Lipinski definition) is 9. The number of unbranched alkanes of at least 4 members (excludes halogenated alkanes) is 1. The summed E-state index contributed by atoms with van der Waals surface area (Å²) < 4.78 is 0. The van der Waals surface area contributed by atoms with Gasteiger partial charge in [-0.05, 0) is 32.7 Å². The van der Waals surface area contributed by atoms with E-state index in [1.807, 2.05) is 0 Å². The number of aliphatic hydroxyl groups is 2. The van der Waals surface area contributed by atoms with Gasteiger partial charge < -0.3 is 47.7 Å².